The number of hydrogen-bond donors (Lipinski definition) is 3. The molecule has 8 heteroatoms. The number of nitrogens with one attached hydrogen (secondary N) is 2. The highest BCUT2D eigenvalue weighted by Crippen LogP contribution is 2.31. The molecule has 0 radical (unpaired) electrons. The van der Waals surface area contributed by atoms with Crippen molar-refractivity contribution in [3.8, 4) is 11.1 Å². The summed E-state index contributed by atoms with van der Waals surface area (Å²) in [4.78, 5) is 21.6. The first-order valence-electron chi connectivity index (χ1n) is 12.0. The van der Waals surface area contributed by atoms with Crippen LogP contribution in [-0.4, -0.2) is 73.1 Å². The van der Waals surface area contributed by atoms with Crippen molar-refractivity contribution in [3.63, 3.8) is 0 Å². The van der Waals surface area contributed by atoms with Crippen molar-refractivity contribution in [2.75, 3.05) is 61.5 Å². The Labute approximate surface area is 201 Å². The molecule has 1 saturated heterocycles. The van der Waals surface area contributed by atoms with E-state index >= 15 is 0 Å². The highest BCUT2D eigenvalue weighted by Gasteiger charge is 2.20. The lowest BCUT2D eigenvalue weighted by Gasteiger charge is -2.28. The van der Waals surface area contributed by atoms with Crippen LogP contribution in [0.4, 0.5) is 22.1 Å². The van der Waals surface area contributed by atoms with E-state index in [1.807, 2.05) is 29.2 Å². The molecule has 0 unspecified atom stereocenters. The zero-order valence-electron chi connectivity index (χ0n) is 20.3. The second-order valence-electron chi connectivity index (χ2n) is 8.98. The SMILES string of the molecule is CCC1=CCN(C(=O)Nc2ccc(C)c(-c3cc(NC[C@@H](C)O)nc(N4CCOCC4)c3)c2)C1. The van der Waals surface area contributed by atoms with Gasteiger partial charge in [-0.3, -0.25) is 0 Å². The van der Waals surface area contributed by atoms with E-state index in [1.165, 1.54) is 5.57 Å². The Bertz CT molecular complexity index is 1050. The molecule has 1 aromatic heterocycles. The number of anilines is 3. The Hall–Kier alpha value is -3.10. The van der Waals surface area contributed by atoms with E-state index in [-0.39, 0.29) is 6.03 Å². The van der Waals surface area contributed by atoms with Gasteiger partial charge < -0.3 is 30.3 Å². The van der Waals surface area contributed by atoms with Gasteiger partial charge in [0.25, 0.3) is 0 Å². The molecule has 2 aliphatic heterocycles. The highest BCUT2D eigenvalue weighted by atomic mass is 16.5. The van der Waals surface area contributed by atoms with Crippen molar-refractivity contribution in [3.05, 3.63) is 47.5 Å². The summed E-state index contributed by atoms with van der Waals surface area (Å²) in [5.41, 5.74) is 5.20. The van der Waals surface area contributed by atoms with Gasteiger partial charge in [-0.25, -0.2) is 9.78 Å². The second kappa shape index (κ2) is 10.9. The summed E-state index contributed by atoms with van der Waals surface area (Å²) in [6, 6.07) is 10.00. The lowest BCUT2D eigenvalue weighted by atomic mass is 10.00. The second-order valence-corrected chi connectivity index (χ2v) is 8.98. The van der Waals surface area contributed by atoms with Crippen LogP contribution in [0.2, 0.25) is 0 Å². The van der Waals surface area contributed by atoms with E-state index in [2.05, 4.69) is 41.5 Å². The zero-order valence-corrected chi connectivity index (χ0v) is 20.3. The van der Waals surface area contributed by atoms with Gasteiger partial charge in [0, 0.05) is 38.4 Å². The molecule has 3 heterocycles. The van der Waals surface area contributed by atoms with Gasteiger partial charge in [-0.1, -0.05) is 24.6 Å². The monoisotopic (exact) mass is 465 g/mol. The standard InChI is InChI=1S/C26H35N5O3/c1-4-20-7-8-31(17-20)26(33)28-22-6-5-18(2)23(15-22)21-13-24(27-16-19(3)32)29-25(14-21)30-9-11-34-12-10-30/h5-7,13-15,19,32H,4,8-12,16-17H2,1-3H3,(H,27,29)(H,28,33)/t19-/m1/s1. The molecule has 1 fully saturated rings. The van der Waals surface area contributed by atoms with Crippen LogP contribution in [0.5, 0.6) is 0 Å². The molecule has 3 N–H and O–H groups in total. The van der Waals surface area contributed by atoms with Crippen LogP contribution in [0.25, 0.3) is 11.1 Å². The fourth-order valence-electron chi connectivity index (χ4n) is 4.21. The largest absolute Gasteiger partial charge is 0.392 e. The number of aromatic nitrogens is 1. The predicted molar refractivity (Wildman–Crippen MR) is 137 cm³/mol. The number of carbonyl (C=O) groups is 1. The van der Waals surface area contributed by atoms with Crippen molar-refractivity contribution in [2.45, 2.75) is 33.3 Å². The molecule has 182 valence electrons. The van der Waals surface area contributed by atoms with Gasteiger partial charge in [0.2, 0.25) is 0 Å². The topological polar surface area (TPSA) is 90.0 Å². The maximum absolute atomic E-state index is 12.8. The molecule has 1 aromatic carbocycles. The van der Waals surface area contributed by atoms with E-state index in [9.17, 15) is 9.90 Å². The third-order valence-electron chi connectivity index (χ3n) is 6.26. The van der Waals surface area contributed by atoms with Crippen LogP contribution >= 0.6 is 0 Å². The highest BCUT2D eigenvalue weighted by molar-refractivity contribution is 5.91. The van der Waals surface area contributed by atoms with Gasteiger partial charge in [-0.05, 0) is 61.2 Å². The van der Waals surface area contributed by atoms with Gasteiger partial charge >= 0.3 is 6.03 Å². The molecule has 0 saturated carbocycles. The summed E-state index contributed by atoms with van der Waals surface area (Å²) in [6.07, 6.45) is 2.62. The normalized spacial score (nSPS) is 16.9. The summed E-state index contributed by atoms with van der Waals surface area (Å²) >= 11 is 0. The van der Waals surface area contributed by atoms with Crippen LogP contribution in [0.3, 0.4) is 0 Å². The van der Waals surface area contributed by atoms with E-state index in [1.54, 1.807) is 6.92 Å². The number of aliphatic hydroxyl groups is 1. The minimum Gasteiger partial charge on any atom is -0.392 e. The number of pyridine rings is 1. The number of urea groups is 1. The van der Waals surface area contributed by atoms with Crippen LogP contribution in [0.15, 0.2) is 42.0 Å². The van der Waals surface area contributed by atoms with Crippen molar-refractivity contribution in [1.29, 1.82) is 0 Å². The van der Waals surface area contributed by atoms with Gasteiger partial charge in [0.1, 0.15) is 11.6 Å². The Balaban J connectivity index is 1.60. The number of morpholine rings is 1. The quantitative estimate of drug-likeness (QED) is 0.538. The summed E-state index contributed by atoms with van der Waals surface area (Å²) < 4.78 is 5.51. The Morgan fingerprint density at radius 3 is 2.74 bits per heavy atom. The first kappa shape index (κ1) is 24.0. The third-order valence-corrected chi connectivity index (χ3v) is 6.26. The van der Waals surface area contributed by atoms with Crippen LogP contribution < -0.4 is 15.5 Å². The predicted octanol–water partition coefficient (Wildman–Crippen LogP) is 3.87. The van der Waals surface area contributed by atoms with Crippen LogP contribution in [0, 0.1) is 6.92 Å². The molecule has 4 rings (SSSR count). The minimum absolute atomic E-state index is 0.0856. The lowest BCUT2D eigenvalue weighted by molar-refractivity contribution is 0.122. The van der Waals surface area contributed by atoms with Gasteiger partial charge in [-0.2, -0.15) is 0 Å². The molecule has 2 amide bonds. The fraction of sp³-hybridized carbons (Fsp3) is 0.462. The smallest absolute Gasteiger partial charge is 0.322 e. The van der Waals surface area contributed by atoms with Crippen molar-refractivity contribution >= 4 is 23.4 Å². The minimum atomic E-state index is -0.481. The Morgan fingerprint density at radius 2 is 2.03 bits per heavy atom. The number of aryl methyl sites for hydroxylation is 1. The number of aliphatic hydroxyl groups excluding tert-OH is 1. The number of carbonyl (C=O) groups excluding carboxylic acids is 1. The number of ether oxygens (including phenoxy) is 1. The zero-order chi connectivity index (χ0) is 24.1. The fourth-order valence-corrected chi connectivity index (χ4v) is 4.21. The van der Waals surface area contributed by atoms with Crippen LogP contribution in [0.1, 0.15) is 25.8 Å². The van der Waals surface area contributed by atoms with Crippen molar-refractivity contribution in [2.24, 2.45) is 0 Å². The van der Waals surface area contributed by atoms with Crippen LogP contribution in [-0.2, 0) is 4.74 Å². The summed E-state index contributed by atoms with van der Waals surface area (Å²) in [5, 5.41) is 16.0. The van der Waals surface area contributed by atoms with E-state index in [4.69, 9.17) is 9.72 Å². The molecule has 0 bridgehead atoms. The average Bonchev–Trinajstić information content (AvgIpc) is 3.34. The molecule has 2 aliphatic rings. The molecule has 34 heavy (non-hydrogen) atoms. The maximum atomic E-state index is 12.8. The number of rotatable bonds is 7. The number of amides is 2. The van der Waals surface area contributed by atoms with Gasteiger partial charge in [0.15, 0.2) is 0 Å². The summed E-state index contributed by atoms with van der Waals surface area (Å²) in [7, 11) is 0. The molecular formula is C26H35N5O3. The van der Waals surface area contributed by atoms with Gasteiger partial charge in [0.05, 0.1) is 19.3 Å². The number of hydrogen-bond acceptors (Lipinski definition) is 6. The van der Waals surface area contributed by atoms with Crippen molar-refractivity contribution < 1.29 is 14.6 Å². The molecule has 1 atom stereocenters. The molecule has 0 spiro atoms. The van der Waals surface area contributed by atoms with E-state index in [0.29, 0.717) is 38.7 Å². The van der Waals surface area contributed by atoms with Gasteiger partial charge in [-0.15, -0.1) is 0 Å². The summed E-state index contributed by atoms with van der Waals surface area (Å²) in [5.74, 6) is 1.59. The number of benzene rings is 1. The lowest BCUT2D eigenvalue weighted by Crippen LogP contribution is -2.36. The first-order valence-corrected chi connectivity index (χ1v) is 12.0. The Morgan fingerprint density at radius 1 is 1.24 bits per heavy atom. The molecule has 2 aromatic rings. The maximum Gasteiger partial charge on any atom is 0.322 e. The first-order chi connectivity index (χ1) is 16.4. The molecular weight excluding hydrogens is 430 g/mol. The molecule has 0 aliphatic carbocycles. The van der Waals surface area contributed by atoms with E-state index < -0.39 is 6.10 Å². The molecule has 8 nitrogen and oxygen atoms in total. The van der Waals surface area contributed by atoms with E-state index in [0.717, 1.165) is 47.7 Å². The number of nitrogens with zero attached hydrogens (tertiary/aromatic N) is 3. The average molecular weight is 466 g/mol. The summed E-state index contributed by atoms with van der Waals surface area (Å²) in [6.45, 7) is 10.6. The third kappa shape index (κ3) is 5.87. The van der Waals surface area contributed by atoms with Crippen molar-refractivity contribution in [1.82, 2.24) is 9.88 Å². The Kier molecular flexibility index (Phi) is 7.70.